The maximum Gasteiger partial charge on any atom is 0.0467 e. The van der Waals surface area contributed by atoms with Crippen molar-refractivity contribution in [2.75, 3.05) is 9.80 Å². The van der Waals surface area contributed by atoms with Crippen molar-refractivity contribution in [1.82, 2.24) is 0 Å². The van der Waals surface area contributed by atoms with E-state index in [0.717, 1.165) is 39.6 Å². The lowest BCUT2D eigenvalue weighted by atomic mass is 9.63. The molecule has 0 aliphatic heterocycles. The molecule has 58 heavy (non-hydrogen) atoms. The topological polar surface area (TPSA) is 6.48 Å². The van der Waals surface area contributed by atoms with Crippen molar-refractivity contribution in [1.29, 1.82) is 0 Å². The highest BCUT2D eigenvalue weighted by Gasteiger charge is 2.37. The number of rotatable bonds is 9. The molecule has 0 unspecified atom stereocenters. The third-order valence-corrected chi connectivity index (χ3v) is 12.1. The SMILES string of the molecule is CC1(C)CCC(C)(C)c2cc(N(c3ccc(-c4ccccc4)cc3)c3cccc(-c4cccc(N(c5ccccc5)c5ccc(-c6ccccc6)cc5)c4)c3)ccc21. The Hall–Kier alpha value is -6.64. The highest BCUT2D eigenvalue weighted by atomic mass is 15.1. The van der Waals surface area contributed by atoms with Gasteiger partial charge in [0.05, 0.1) is 0 Å². The zero-order valence-electron chi connectivity index (χ0n) is 33.9. The fraction of sp³-hybridized carbons (Fsp3) is 0.143. The van der Waals surface area contributed by atoms with Crippen LogP contribution in [0.5, 0.6) is 0 Å². The molecule has 0 aromatic heterocycles. The average Bonchev–Trinajstić information content (AvgIpc) is 3.27. The molecule has 0 fully saturated rings. The van der Waals surface area contributed by atoms with Crippen molar-refractivity contribution in [3.05, 3.63) is 217 Å². The van der Waals surface area contributed by atoms with E-state index < -0.39 is 0 Å². The second-order valence-electron chi connectivity index (χ2n) is 16.9. The molecule has 284 valence electrons. The number of anilines is 6. The zero-order valence-corrected chi connectivity index (χ0v) is 33.9. The van der Waals surface area contributed by atoms with Crippen molar-refractivity contribution in [2.24, 2.45) is 0 Å². The fourth-order valence-electron chi connectivity index (χ4n) is 8.70. The summed E-state index contributed by atoms with van der Waals surface area (Å²) in [6.07, 6.45) is 2.37. The van der Waals surface area contributed by atoms with Gasteiger partial charge in [0.1, 0.15) is 0 Å². The molecule has 0 amide bonds. The first-order valence-electron chi connectivity index (χ1n) is 20.6. The van der Waals surface area contributed by atoms with Crippen LogP contribution in [0.15, 0.2) is 206 Å². The first kappa shape index (κ1) is 37.0. The third kappa shape index (κ3) is 7.35. The van der Waals surface area contributed by atoms with Crippen LogP contribution in [0.25, 0.3) is 33.4 Å². The largest absolute Gasteiger partial charge is 0.310 e. The lowest BCUT2D eigenvalue weighted by molar-refractivity contribution is 0.332. The van der Waals surface area contributed by atoms with E-state index in [4.69, 9.17) is 0 Å². The monoisotopic (exact) mass is 750 g/mol. The number of hydrogen-bond acceptors (Lipinski definition) is 2. The Balaban J connectivity index is 1.13. The van der Waals surface area contributed by atoms with Gasteiger partial charge in [0, 0.05) is 34.1 Å². The Bertz CT molecular complexity index is 2640. The third-order valence-electron chi connectivity index (χ3n) is 12.1. The second-order valence-corrected chi connectivity index (χ2v) is 16.9. The molecule has 8 aromatic rings. The molecule has 0 N–H and O–H groups in total. The molecule has 9 rings (SSSR count). The summed E-state index contributed by atoms with van der Waals surface area (Å²) in [5, 5.41) is 0. The summed E-state index contributed by atoms with van der Waals surface area (Å²) in [4.78, 5) is 4.78. The Labute approximate surface area is 344 Å². The van der Waals surface area contributed by atoms with Gasteiger partial charge in [-0.2, -0.15) is 0 Å². The van der Waals surface area contributed by atoms with Gasteiger partial charge in [-0.15, -0.1) is 0 Å². The molecule has 0 heterocycles. The van der Waals surface area contributed by atoms with Crippen LogP contribution < -0.4 is 9.80 Å². The predicted molar refractivity (Wildman–Crippen MR) is 247 cm³/mol. The molecular weight excluding hydrogens is 701 g/mol. The van der Waals surface area contributed by atoms with Gasteiger partial charge in [-0.3, -0.25) is 0 Å². The zero-order chi connectivity index (χ0) is 39.7. The van der Waals surface area contributed by atoms with Crippen molar-refractivity contribution in [3.63, 3.8) is 0 Å². The summed E-state index contributed by atoms with van der Waals surface area (Å²) in [5.74, 6) is 0. The normalized spacial score (nSPS) is 14.0. The summed E-state index contributed by atoms with van der Waals surface area (Å²) in [7, 11) is 0. The van der Waals surface area contributed by atoms with Gasteiger partial charge in [0.15, 0.2) is 0 Å². The average molecular weight is 751 g/mol. The fourth-order valence-corrected chi connectivity index (χ4v) is 8.70. The molecular formula is C56H50N2. The van der Waals surface area contributed by atoms with Crippen LogP contribution in [0.1, 0.15) is 51.7 Å². The second kappa shape index (κ2) is 15.4. The van der Waals surface area contributed by atoms with Gasteiger partial charge in [0.25, 0.3) is 0 Å². The van der Waals surface area contributed by atoms with E-state index in [1.807, 2.05) is 0 Å². The van der Waals surface area contributed by atoms with Gasteiger partial charge >= 0.3 is 0 Å². The first-order chi connectivity index (χ1) is 28.2. The Morgan fingerprint density at radius 3 is 1.09 bits per heavy atom. The molecule has 2 heteroatoms. The van der Waals surface area contributed by atoms with Gasteiger partial charge < -0.3 is 9.80 Å². The quantitative estimate of drug-likeness (QED) is 0.145. The summed E-state index contributed by atoms with van der Waals surface area (Å²) < 4.78 is 0. The van der Waals surface area contributed by atoms with Crippen molar-refractivity contribution in [3.8, 4) is 33.4 Å². The molecule has 0 saturated heterocycles. The minimum absolute atomic E-state index is 0.0957. The van der Waals surface area contributed by atoms with Crippen molar-refractivity contribution in [2.45, 2.75) is 51.4 Å². The molecule has 0 atom stereocenters. The van der Waals surface area contributed by atoms with Crippen LogP contribution in [0.3, 0.4) is 0 Å². The Morgan fingerprint density at radius 2 is 0.603 bits per heavy atom. The van der Waals surface area contributed by atoms with Crippen LogP contribution in [-0.2, 0) is 10.8 Å². The molecule has 0 saturated carbocycles. The molecule has 0 radical (unpaired) electrons. The predicted octanol–water partition coefficient (Wildman–Crippen LogP) is 16.0. The van der Waals surface area contributed by atoms with E-state index in [1.54, 1.807) is 0 Å². The number of benzene rings is 8. The molecule has 2 nitrogen and oxygen atoms in total. The summed E-state index contributed by atoms with van der Waals surface area (Å²) in [5.41, 5.74) is 17.1. The lowest BCUT2D eigenvalue weighted by Gasteiger charge is -2.42. The maximum absolute atomic E-state index is 2.47. The van der Waals surface area contributed by atoms with Crippen molar-refractivity contribution >= 4 is 34.1 Å². The molecule has 1 aliphatic carbocycles. The summed E-state index contributed by atoms with van der Waals surface area (Å²) in [6.45, 7) is 9.62. The van der Waals surface area contributed by atoms with Crippen LogP contribution in [0.4, 0.5) is 34.1 Å². The smallest absolute Gasteiger partial charge is 0.0467 e. The highest BCUT2D eigenvalue weighted by molar-refractivity contribution is 5.84. The lowest BCUT2D eigenvalue weighted by Crippen LogP contribution is -2.34. The number of fused-ring (bicyclic) bond motifs is 1. The molecule has 0 spiro atoms. The van der Waals surface area contributed by atoms with E-state index in [1.165, 1.54) is 51.9 Å². The van der Waals surface area contributed by atoms with Gasteiger partial charge in [-0.25, -0.2) is 0 Å². The number of nitrogens with zero attached hydrogens (tertiary/aromatic N) is 2. The molecule has 1 aliphatic rings. The van der Waals surface area contributed by atoms with Gasteiger partial charge in [-0.1, -0.05) is 161 Å². The van der Waals surface area contributed by atoms with E-state index in [2.05, 4.69) is 244 Å². The van der Waals surface area contributed by atoms with E-state index in [-0.39, 0.29) is 10.8 Å². The van der Waals surface area contributed by atoms with E-state index >= 15 is 0 Å². The molecule has 8 aromatic carbocycles. The van der Waals surface area contributed by atoms with Crippen LogP contribution >= 0.6 is 0 Å². The van der Waals surface area contributed by atoms with E-state index in [9.17, 15) is 0 Å². The number of hydrogen-bond donors (Lipinski definition) is 0. The van der Waals surface area contributed by atoms with Gasteiger partial charge in [-0.05, 0) is 141 Å². The maximum atomic E-state index is 2.47. The summed E-state index contributed by atoms with van der Waals surface area (Å²) >= 11 is 0. The highest BCUT2D eigenvalue weighted by Crippen LogP contribution is 2.48. The Morgan fingerprint density at radius 1 is 0.276 bits per heavy atom. The first-order valence-corrected chi connectivity index (χ1v) is 20.6. The minimum atomic E-state index is 0.0957. The summed E-state index contributed by atoms with van der Waals surface area (Å²) in [6, 6.07) is 75.0. The number of para-hydroxylation sites is 1. The Kier molecular flexibility index (Phi) is 9.79. The standard InChI is InChI=1S/C56H50N2/c1-55(2)36-37-56(3,4)54-40-52(34-35-53(54)55)58(49-32-28-44(29-33-49)42-18-10-6-11-19-42)51-25-15-21-46(39-51)45-20-14-24-50(38-45)57(47-22-12-7-13-23-47)48-30-26-43(27-31-48)41-16-8-5-9-17-41/h5-35,38-40H,36-37H2,1-4H3. The van der Waals surface area contributed by atoms with Crippen LogP contribution in [0.2, 0.25) is 0 Å². The van der Waals surface area contributed by atoms with Crippen LogP contribution in [-0.4, -0.2) is 0 Å². The van der Waals surface area contributed by atoms with Gasteiger partial charge in [0.2, 0.25) is 0 Å². The molecule has 0 bridgehead atoms. The minimum Gasteiger partial charge on any atom is -0.310 e. The van der Waals surface area contributed by atoms with Crippen LogP contribution in [0, 0.1) is 0 Å². The van der Waals surface area contributed by atoms with E-state index in [0.29, 0.717) is 0 Å². The van der Waals surface area contributed by atoms with Crippen molar-refractivity contribution < 1.29 is 0 Å².